The molecule has 2 heteroatoms. The van der Waals surface area contributed by atoms with Crippen LogP contribution in [-0.4, -0.2) is 11.6 Å². The van der Waals surface area contributed by atoms with Crippen molar-refractivity contribution in [2.75, 3.05) is 0 Å². The van der Waals surface area contributed by atoms with Gasteiger partial charge < -0.3 is 4.74 Å². The van der Waals surface area contributed by atoms with E-state index < -0.39 is 0 Å². The molecule has 28 heavy (non-hydrogen) atoms. The molecule has 0 spiro atoms. The predicted molar refractivity (Wildman–Crippen MR) is 113 cm³/mol. The van der Waals surface area contributed by atoms with Crippen LogP contribution in [0.2, 0.25) is 0 Å². The number of carbonyl (C=O) groups is 1. The van der Waals surface area contributed by atoms with Gasteiger partial charge in [-0.05, 0) is 97.7 Å². The van der Waals surface area contributed by atoms with Crippen LogP contribution >= 0.6 is 0 Å². The Hall–Kier alpha value is -0.530. The minimum absolute atomic E-state index is 0.104. The molecule has 0 aromatic heterocycles. The van der Waals surface area contributed by atoms with Gasteiger partial charge in [-0.3, -0.25) is 4.79 Å². The SMILES string of the molecule is CCC1(OC(=O)C2CC3CC2C(C(C)C)C3C(C)(C)C)C2CC3CC(C2)C1C3. The summed E-state index contributed by atoms with van der Waals surface area (Å²) in [5.41, 5.74) is 0.241. The number of hydrogen-bond donors (Lipinski definition) is 0. The maximum absolute atomic E-state index is 13.6. The van der Waals surface area contributed by atoms with Crippen molar-refractivity contribution in [2.45, 2.75) is 92.1 Å². The quantitative estimate of drug-likeness (QED) is 0.527. The molecule has 6 aliphatic rings. The van der Waals surface area contributed by atoms with Crippen LogP contribution in [0.25, 0.3) is 0 Å². The highest BCUT2D eigenvalue weighted by molar-refractivity contribution is 5.74. The summed E-state index contributed by atoms with van der Waals surface area (Å²) in [6.07, 6.45) is 8.80. The Morgan fingerprint density at radius 1 is 1.04 bits per heavy atom. The van der Waals surface area contributed by atoms with Gasteiger partial charge in [-0.15, -0.1) is 0 Å². The lowest BCUT2D eigenvalue weighted by atomic mass is 9.61. The van der Waals surface area contributed by atoms with Crippen LogP contribution in [0.5, 0.6) is 0 Å². The number of ether oxygens (including phenoxy) is 1. The minimum atomic E-state index is -0.104. The van der Waals surface area contributed by atoms with E-state index in [4.69, 9.17) is 4.74 Å². The second-order valence-electron chi connectivity index (χ2n) is 12.8. The standard InChI is InChI=1S/C26H42O2/c1-7-26(18-9-15-8-16(11-18)21(26)10-15)28-24(27)20-13-17-12-19(20)22(14(2)3)23(17)25(4,5)6/h14-23H,7-13H2,1-6H3. The van der Waals surface area contributed by atoms with Crippen LogP contribution in [0.1, 0.15) is 86.5 Å². The monoisotopic (exact) mass is 386 g/mol. The van der Waals surface area contributed by atoms with Gasteiger partial charge in [0.2, 0.25) is 0 Å². The third kappa shape index (κ3) is 2.54. The molecule has 0 amide bonds. The highest BCUT2D eigenvalue weighted by atomic mass is 16.6. The van der Waals surface area contributed by atoms with Gasteiger partial charge in [-0.1, -0.05) is 41.5 Å². The van der Waals surface area contributed by atoms with Gasteiger partial charge in [-0.25, -0.2) is 0 Å². The molecule has 6 saturated carbocycles. The van der Waals surface area contributed by atoms with E-state index in [1.165, 1.54) is 32.1 Å². The molecule has 0 N–H and O–H groups in total. The first-order valence-electron chi connectivity index (χ1n) is 12.4. The maximum atomic E-state index is 13.6. The molecule has 6 rings (SSSR count). The normalized spacial score (nSPS) is 51.5. The molecule has 0 aromatic carbocycles. The summed E-state index contributed by atoms with van der Waals surface area (Å²) in [6, 6.07) is 0. The average Bonchev–Trinajstić information content (AvgIpc) is 3.32. The Morgan fingerprint density at radius 3 is 2.39 bits per heavy atom. The van der Waals surface area contributed by atoms with Gasteiger partial charge in [0.15, 0.2) is 0 Å². The summed E-state index contributed by atoms with van der Waals surface area (Å²) in [5.74, 6) is 6.89. The van der Waals surface area contributed by atoms with Crippen molar-refractivity contribution in [2.24, 2.45) is 64.6 Å². The van der Waals surface area contributed by atoms with Gasteiger partial charge in [0.05, 0.1) is 5.92 Å². The molecule has 0 aromatic rings. The van der Waals surface area contributed by atoms with Crippen molar-refractivity contribution in [3.05, 3.63) is 0 Å². The molecule has 6 bridgehead atoms. The summed E-state index contributed by atoms with van der Waals surface area (Å²) in [7, 11) is 0. The predicted octanol–water partition coefficient (Wildman–Crippen LogP) is 6.33. The minimum Gasteiger partial charge on any atom is -0.458 e. The van der Waals surface area contributed by atoms with Gasteiger partial charge in [0.25, 0.3) is 0 Å². The summed E-state index contributed by atoms with van der Waals surface area (Å²) in [5, 5.41) is 0. The molecular formula is C26H42O2. The lowest BCUT2D eigenvalue weighted by molar-refractivity contribution is -0.184. The van der Waals surface area contributed by atoms with Crippen LogP contribution < -0.4 is 0 Å². The van der Waals surface area contributed by atoms with E-state index in [0.29, 0.717) is 35.0 Å². The van der Waals surface area contributed by atoms with Gasteiger partial charge in [-0.2, -0.15) is 0 Å². The number of carbonyl (C=O) groups excluding carboxylic acids is 1. The first kappa shape index (κ1) is 19.4. The Balaban J connectivity index is 1.36. The topological polar surface area (TPSA) is 26.3 Å². The van der Waals surface area contributed by atoms with Crippen molar-refractivity contribution in [3.8, 4) is 0 Å². The van der Waals surface area contributed by atoms with E-state index in [0.717, 1.165) is 36.5 Å². The number of fused-ring (bicyclic) bond motifs is 2. The third-order valence-electron chi connectivity index (χ3n) is 10.3. The number of rotatable bonds is 4. The van der Waals surface area contributed by atoms with E-state index >= 15 is 0 Å². The maximum Gasteiger partial charge on any atom is 0.309 e. The molecule has 158 valence electrons. The lowest BCUT2D eigenvalue weighted by Crippen LogP contribution is -2.49. The van der Waals surface area contributed by atoms with Gasteiger partial charge in [0, 0.05) is 5.92 Å². The molecule has 10 atom stereocenters. The van der Waals surface area contributed by atoms with E-state index in [9.17, 15) is 4.79 Å². The van der Waals surface area contributed by atoms with Crippen LogP contribution in [-0.2, 0) is 9.53 Å². The van der Waals surface area contributed by atoms with E-state index in [1.807, 2.05) is 0 Å². The highest BCUT2D eigenvalue weighted by Gasteiger charge is 2.65. The highest BCUT2D eigenvalue weighted by Crippen LogP contribution is 2.66. The fraction of sp³-hybridized carbons (Fsp3) is 0.962. The Bertz CT molecular complexity index is 641. The first-order valence-corrected chi connectivity index (χ1v) is 12.4. The van der Waals surface area contributed by atoms with Gasteiger partial charge in [0.1, 0.15) is 5.60 Å². The van der Waals surface area contributed by atoms with Crippen molar-refractivity contribution < 1.29 is 9.53 Å². The first-order chi connectivity index (χ1) is 13.2. The van der Waals surface area contributed by atoms with Crippen molar-refractivity contribution in [1.82, 2.24) is 0 Å². The van der Waals surface area contributed by atoms with Crippen molar-refractivity contribution >= 4 is 5.97 Å². The molecule has 0 radical (unpaired) electrons. The largest absolute Gasteiger partial charge is 0.458 e. The molecule has 0 saturated heterocycles. The van der Waals surface area contributed by atoms with Crippen molar-refractivity contribution in [1.29, 1.82) is 0 Å². The van der Waals surface area contributed by atoms with Crippen LogP contribution in [0, 0.1) is 64.6 Å². The fourth-order valence-corrected chi connectivity index (χ4v) is 9.78. The average molecular weight is 387 g/mol. The van der Waals surface area contributed by atoms with Gasteiger partial charge >= 0.3 is 5.97 Å². The zero-order chi connectivity index (χ0) is 20.0. The lowest BCUT2D eigenvalue weighted by Gasteiger charge is -2.46. The Morgan fingerprint density at radius 2 is 1.79 bits per heavy atom. The summed E-state index contributed by atoms with van der Waals surface area (Å²) in [6.45, 7) is 14.3. The molecule has 6 aliphatic carbocycles. The molecule has 2 nitrogen and oxygen atoms in total. The summed E-state index contributed by atoms with van der Waals surface area (Å²) >= 11 is 0. The van der Waals surface area contributed by atoms with E-state index in [-0.39, 0.29) is 17.5 Å². The Kier molecular flexibility index (Phi) is 4.33. The molecular weight excluding hydrogens is 344 g/mol. The zero-order valence-corrected chi connectivity index (χ0v) is 19.0. The fourth-order valence-electron chi connectivity index (χ4n) is 9.78. The summed E-state index contributed by atoms with van der Waals surface area (Å²) < 4.78 is 6.66. The third-order valence-corrected chi connectivity index (χ3v) is 10.3. The Labute approximate surface area is 172 Å². The zero-order valence-electron chi connectivity index (χ0n) is 19.0. The molecule has 10 unspecified atom stereocenters. The summed E-state index contributed by atoms with van der Waals surface area (Å²) in [4.78, 5) is 13.6. The van der Waals surface area contributed by atoms with Crippen LogP contribution in [0.4, 0.5) is 0 Å². The molecule has 6 fully saturated rings. The molecule has 0 heterocycles. The second-order valence-corrected chi connectivity index (χ2v) is 12.8. The number of hydrogen-bond acceptors (Lipinski definition) is 2. The number of esters is 1. The second kappa shape index (κ2) is 6.24. The van der Waals surface area contributed by atoms with Crippen LogP contribution in [0.15, 0.2) is 0 Å². The van der Waals surface area contributed by atoms with Crippen molar-refractivity contribution in [3.63, 3.8) is 0 Å². The van der Waals surface area contributed by atoms with E-state index in [2.05, 4.69) is 41.5 Å². The van der Waals surface area contributed by atoms with Crippen LogP contribution in [0.3, 0.4) is 0 Å². The smallest absolute Gasteiger partial charge is 0.309 e. The molecule has 0 aliphatic heterocycles. The van der Waals surface area contributed by atoms with E-state index in [1.54, 1.807) is 0 Å².